The summed E-state index contributed by atoms with van der Waals surface area (Å²) >= 11 is 0. The van der Waals surface area contributed by atoms with Crippen molar-refractivity contribution in [2.75, 3.05) is 64.7 Å². The predicted octanol–water partition coefficient (Wildman–Crippen LogP) is 3.03. The zero-order valence-corrected chi connectivity index (χ0v) is 21.6. The molecule has 0 aliphatic carbocycles. The third-order valence-electron chi connectivity index (χ3n) is 5.69. The van der Waals surface area contributed by atoms with Gasteiger partial charge in [-0.05, 0) is 25.2 Å². The number of piperazine rings is 1. The number of fused-ring (bicyclic) bond motifs is 2. The number of benzene rings is 2. The van der Waals surface area contributed by atoms with E-state index in [4.69, 9.17) is 24.7 Å². The number of ether oxygens (including phenoxy) is 4. The summed E-state index contributed by atoms with van der Waals surface area (Å²) in [6.45, 7) is 8.09. The van der Waals surface area contributed by atoms with E-state index in [0.717, 1.165) is 43.4 Å². The molecule has 2 N–H and O–H groups in total. The Kier molecular flexibility index (Phi) is 9.52. The molecule has 1 aromatic heterocycles. The van der Waals surface area contributed by atoms with Crippen LogP contribution >= 0.6 is 0 Å². The van der Waals surface area contributed by atoms with Gasteiger partial charge in [-0.2, -0.15) is 4.98 Å². The first-order valence-corrected chi connectivity index (χ1v) is 12.0. The van der Waals surface area contributed by atoms with Gasteiger partial charge in [0, 0.05) is 37.6 Å². The van der Waals surface area contributed by atoms with Crippen LogP contribution in [0.3, 0.4) is 0 Å². The number of methoxy groups -OCH3 is 2. The van der Waals surface area contributed by atoms with Crippen molar-refractivity contribution in [3.8, 4) is 23.0 Å². The Morgan fingerprint density at radius 2 is 1.64 bits per heavy atom. The Bertz CT molecular complexity index is 1150. The molecule has 1 fully saturated rings. The summed E-state index contributed by atoms with van der Waals surface area (Å²) in [6, 6.07) is 11.0. The third-order valence-corrected chi connectivity index (χ3v) is 5.69. The van der Waals surface area contributed by atoms with E-state index in [1.807, 2.05) is 44.2 Å². The number of rotatable bonds is 4. The topological polar surface area (TPSA) is 112 Å². The molecule has 194 valence electrons. The molecule has 2 aliphatic heterocycles. The first-order chi connectivity index (χ1) is 17.5. The minimum Gasteiger partial charge on any atom is -0.493 e. The predicted molar refractivity (Wildman–Crippen MR) is 141 cm³/mol. The number of aromatic nitrogens is 2. The Morgan fingerprint density at radius 3 is 2.28 bits per heavy atom. The summed E-state index contributed by atoms with van der Waals surface area (Å²) in [4.78, 5) is 23.9. The zero-order chi connectivity index (χ0) is 26.1. The van der Waals surface area contributed by atoms with Gasteiger partial charge in [-0.15, -0.1) is 0 Å². The zero-order valence-electron chi connectivity index (χ0n) is 21.6. The number of nitrogens with two attached hydrogens (primary N) is 1. The molecule has 10 nitrogen and oxygen atoms in total. The van der Waals surface area contributed by atoms with E-state index in [-0.39, 0.29) is 0 Å². The third kappa shape index (κ3) is 6.25. The van der Waals surface area contributed by atoms with Crippen molar-refractivity contribution >= 4 is 29.0 Å². The van der Waals surface area contributed by atoms with E-state index in [0.29, 0.717) is 41.4 Å². The van der Waals surface area contributed by atoms with E-state index < -0.39 is 6.10 Å². The van der Waals surface area contributed by atoms with Crippen LogP contribution in [0.5, 0.6) is 23.0 Å². The summed E-state index contributed by atoms with van der Waals surface area (Å²) < 4.78 is 21.2. The maximum atomic E-state index is 10.4. The summed E-state index contributed by atoms with van der Waals surface area (Å²) in [5.74, 6) is 3.73. The standard InChI is InChI=1S/C15H21N5O2.C9H8O3.C2H6/c1-19-4-6-20(7-5-19)15-17-11-9-13(22-3)12(21-2)8-10(11)14(16)18-15;10-5-7-6-11-8-3-1-2-4-9(8)12-7;1-2/h8-9H,4-7H2,1-3H3,(H2,16,17,18);1-5,7H,6H2;1-2H3. The quantitative estimate of drug-likeness (QED) is 0.540. The lowest BCUT2D eigenvalue weighted by Crippen LogP contribution is -2.45. The maximum Gasteiger partial charge on any atom is 0.227 e. The summed E-state index contributed by atoms with van der Waals surface area (Å²) in [5, 5.41) is 0.774. The molecular formula is C26H35N5O5. The molecule has 1 saturated heterocycles. The Hall–Kier alpha value is -3.79. The lowest BCUT2D eigenvalue weighted by Gasteiger charge is -2.32. The number of hydrogen-bond acceptors (Lipinski definition) is 10. The number of nitrogen functional groups attached to an aromatic ring is 1. The van der Waals surface area contributed by atoms with Crippen LogP contribution in [-0.2, 0) is 4.79 Å². The van der Waals surface area contributed by atoms with E-state index in [1.54, 1.807) is 20.3 Å². The molecule has 0 radical (unpaired) electrons. The highest BCUT2D eigenvalue weighted by Gasteiger charge is 2.20. The molecule has 5 rings (SSSR count). The van der Waals surface area contributed by atoms with Gasteiger partial charge in [0.25, 0.3) is 0 Å². The smallest absolute Gasteiger partial charge is 0.227 e. The van der Waals surface area contributed by atoms with Crippen LogP contribution in [0.2, 0.25) is 0 Å². The molecule has 36 heavy (non-hydrogen) atoms. The van der Waals surface area contributed by atoms with Crippen molar-refractivity contribution < 1.29 is 23.7 Å². The second-order valence-corrected chi connectivity index (χ2v) is 7.97. The van der Waals surface area contributed by atoms with Gasteiger partial charge in [0.05, 0.1) is 19.7 Å². The number of carbonyl (C=O) groups excluding carboxylic acids is 1. The molecule has 1 unspecified atom stereocenters. The fraction of sp³-hybridized carbons (Fsp3) is 0.423. The van der Waals surface area contributed by atoms with Crippen LogP contribution in [0.25, 0.3) is 10.9 Å². The summed E-state index contributed by atoms with van der Waals surface area (Å²) in [6.07, 6.45) is 0.288. The molecule has 0 bridgehead atoms. The Morgan fingerprint density at radius 1 is 1.00 bits per heavy atom. The summed E-state index contributed by atoms with van der Waals surface area (Å²) in [7, 11) is 5.32. The van der Waals surface area contributed by atoms with E-state index in [2.05, 4.69) is 26.8 Å². The summed E-state index contributed by atoms with van der Waals surface area (Å²) in [5.41, 5.74) is 6.88. The lowest BCUT2D eigenvalue weighted by atomic mass is 10.2. The average Bonchev–Trinajstić information content (AvgIpc) is 2.93. The molecule has 2 aromatic carbocycles. The van der Waals surface area contributed by atoms with Crippen LogP contribution < -0.4 is 29.6 Å². The van der Waals surface area contributed by atoms with Crippen LogP contribution in [0, 0.1) is 0 Å². The van der Waals surface area contributed by atoms with Gasteiger partial charge >= 0.3 is 0 Å². The van der Waals surface area contributed by atoms with Gasteiger partial charge in [-0.25, -0.2) is 4.98 Å². The van der Waals surface area contributed by atoms with E-state index in [1.165, 1.54) is 0 Å². The fourth-order valence-corrected chi connectivity index (χ4v) is 3.72. The van der Waals surface area contributed by atoms with E-state index in [9.17, 15) is 4.79 Å². The minimum atomic E-state index is -0.458. The minimum absolute atomic E-state index is 0.306. The molecule has 3 aromatic rings. The SMILES string of the molecule is CC.COc1cc2nc(N3CCN(C)CC3)nc(N)c2cc1OC.O=CC1COc2ccccc2O1. The van der Waals surface area contributed by atoms with Crippen molar-refractivity contribution in [1.82, 2.24) is 14.9 Å². The molecule has 0 amide bonds. The Labute approximate surface area is 211 Å². The van der Waals surface area contributed by atoms with Crippen molar-refractivity contribution in [2.45, 2.75) is 20.0 Å². The second kappa shape index (κ2) is 12.8. The number of anilines is 2. The van der Waals surface area contributed by atoms with Crippen LogP contribution in [0.15, 0.2) is 36.4 Å². The fourth-order valence-electron chi connectivity index (χ4n) is 3.72. The van der Waals surface area contributed by atoms with Gasteiger partial charge in [0.2, 0.25) is 5.95 Å². The average molecular weight is 498 g/mol. The maximum absolute atomic E-state index is 10.4. The monoisotopic (exact) mass is 497 g/mol. The van der Waals surface area contributed by atoms with Crippen molar-refractivity contribution in [2.24, 2.45) is 0 Å². The largest absolute Gasteiger partial charge is 0.493 e. The molecule has 2 aliphatic rings. The van der Waals surface area contributed by atoms with Crippen molar-refractivity contribution in [3.63, 3.8) is 0 Å². The second-order valence-electron chi connectivity index (χ2n) is 7.97. The van der Waals surface area contributed by atoms with E-state index >= 15 is 0 Å². The van der Waals surface area contributed by atoms with Crippen molar-refractivity contribution in [1.29, 1.82) is 0 Å². The first kappa shape index (κ1) is 26.8. The number of para-hydroxylation sites is 2. The van der Waals surface area contributed by atoms with Gasteiger partial charge in [-0.1, -0.05) is 26.0 Å². The van der Waals surface area contributed by atoms with Gasteiger partial charge in [0.15, 0.2) is 35.4 Å². The van der Waals surface area contributed by atoms with Crippen LogP contribution in [0.1, 0.15) is 13.8 Å². The van der Waals surface area contributed by atoms with Gasteiger partial charge in [0.1, 0.15) is 12.4 Å². The molecular weight excluding hydrogens is 462 g/mol. The number of carbonyl (C=O) groups is 1. The molecule has 0 spiro atoms. The molecule has 3 heterocycles. The Balaban J connectivity index is 0.000000217. The van der Waals surface area contributed by atoms with Crippen molar-refractivity contribution in [3.05, 3.63) is 36.4 Å². The van der Waals surface area contributed by atoms with Crippen LogP contribution in [0.4, 0.5) is 11.8 Å². The lowest BCUT2D eigenvalue weighted by molar-refractivity contribution is -0.115. The highest BCUT2D eigenvalue weighted by molar-refractivity contribution is 5.91. The number of nitrogens with zero attached hydrogens (tertiary/aromatic N) is 4. The number of hydrogen-bond donors (Lipinski definition) is 1. The molecule has 1 atom stereocenters. The normalized spacial score (nSPS) is 16.7. The first-order valence-electron chi connectivity index (χ1n) is 12.0. The highest BCUT2D eigenvalue weighted by atomic mass is 16.6. The number of likely N-dealkylation sites (N-methyl/N-ethyl adjacent to an activating group) is 1. The highest BCUT2D eigenvalue weighted by Crippen LogP contribution is 2.34. The van der Waals surface area contributed by atoms with Gasteiger partial charge in [-0.3, -0.25) is 4.79 Å². The molecule has 0 saturated carbocycles. The van der Waals surface area contributed by atoms with Crippen LogP contribution in [-0.4, -0.2) is 81.3 Å². The molecule has 10 heteroatoms. The van der Waals surface area contributed by atoms with Gasteiger partial charge < -0.3 is 34.5 Å². The number of aldehydes is 1.